The van der Waals surface area contributed by atoms with Gasteiger partial charge in [-0.3, -0.25) is 0 Å². The molecule has 1 fully saturated rings. The predicted molar refractivity (Wildman–Crippen MR) is 130 cm³/mol. The standard InChI is InChI=1S/C22H33N5O.HI/c1-5-23-21(25-16-20-24-15-19(28-20)22(2,3)4)26-17-11-13-27(14-12-17)18-9-7-6-8-10-18;/h6-10,15,17H,5,11-14,16H2,1-4H3,(H2,23,25,26);1H. The van der Waals surface area contributed by atoms with Gasteiger partial charge in [-0.2, -0.15) is 0 Å². The van der Waals surface area contributed by atoms with E-state index < -0.39 is 0 Å². The summed E-state index contributed by atoms with van der Waals surface area (Å²) in [4.78, 5) is 11.5. The van der Waals surface area contributed by atoms with Gasteiger partial charge >= 0.3 is 0 Å². The van der Waals surface area contributed by atoms with E-state index in [0.717, 1.165) is 44.2 Å². The molecule has 1 aliphatic rings. The highest BCUT2D eigenvalue weighted by Crippen LogP contribution is 2.23. The average Bonchev–Trinajstić information content (AvgIpc) is 3.17. The molecule has 0 atom stereocenters. The maximum atomic E-state index is 5.85. The third kappa shape index (κ3) is 6.90. The summed E-state index contributed by atoms with van der Waals surface area (Å²) >= 11 is 0. The van der Waals surface area contributed by atoms with Crippen LogP contribution in [0, 0.1) is 0 Å². The van der Waals surface area contributed by atoms with Crippen LogP contribution in [0.5, 0.6) is 0 Å². The Labute approximate surface area is 191 Å². The maximum absolute atomic E-state index is 5.85. The lowest BCUT2D eigenvalue weighted by Crippen LogP contribution is -2.48. The number of aromatic nitrogens is 1. The highest BCUT2D eigenvalue weighted by atomic mass is 127. The molecular formula is C22H34IN5O. The van der Waals surface area contributed by atoms with E-state index in [1.54, 1.807) is 0 Å². The van der Waals surface area contributed by atoms with Crippen molar-refractivity contribution in [2.24, 2.45) is 4.99 Å². The van der Waals surface area contributed by atoms with Gasteiger partial charge in [0.25, 0.3) is 0 Å². The van der Waals surface area contributed by atoms with Gasteiger partial charge in [-0.25, -0.2) is 9.98 Å². The molecule has 1 aliphatic heterocycles. The van der Waals surface area contributed by atoms with Crippen molar-refractivity contribution in [1.82, 2.24) is 15.6 Å². The number of rotatable bonds is 5. The average molecular weight is 511 g/mol. The number of hydrogen-bond donors (Lipinski definition) is 2. The Hall–Kier alpha value is -1.77. The topological polar surface area (TPSA) is 65.7 Å². The first-order valence-electron chi connectivity index (χ1n) is 10.3. The van der Waals surface area contributed by atoms with Crippen molar-refractivity contribution < 1.29 is 4.42 Å². The Balaban J connectivity index is 0.00000300. The van der Waals surface area contributed by atoms with Gasteiger partial charge in [0, 0.05) is 36.8 Å². The highest BCUT2D eigenvalue weighted by Gasteiger charge is 2.21. The van der Waals surface area contributed by atoms with E-state index in [2.05, 4.69) is 83.5 Å². The largest absolute Gasteiger partial charge is 0.443 e. The quantitative estimate of drug-likeness (QED) is 0.356. The van der Waals surface area contributed by atoms with E-state index in [1.807, 2.05) is 6.20 Å². The molecule has 0 aliphatic carbocycles. The Morgan fingerprint density at radius 2 is 1.90 bits per heavy atom. The summed E-state index contributed by atoms with van der Waals surface area (Å²) in [5.74, 6) is 2.38. The molecule has 1 aromatic heterocycles. The Morgan fingerprint density at radius 3 is 2.48 bits per heavy atom. The first-order chi connectivity index (χ1) is 13.5. The van der Waals surface area contributed by atoms with Gasteiger partial charge in [-0.05, 0) is 31.9 Å². The zero-order chi connectivity index (χ0) is 20.0. The molecule has 0 spiro atoms. The number of guanidine groups is 1. The van der Waals surface area contributed by atoms with Crippen LogP contribution in [0.25, 0.3) is 0 Å². The Bertz CT molecular complexity index is 761. The fourth-order valence-electron chi connectivity index (χ4n) is 3.31. The van der Waals surface area contributed by atoms with Gasteiger partial charge in [0.15, 0.2) is 5.96 Å². The van der Waals surface area contributed by atoms with Crippen LogP contribution in [-0.2, 0) is 12.0 Å². The molecule has 0 radical (unpaired) electrons. The minimum absolute atomic E-state index is 0. The summed E-state index contributed by atoms with van der Waals surface area (Å²) in [6.45, 7) is 11.8. The van der Waals surface area contributed by atoms with Crippen molar-refractivity contribution in [2.75, 3.05) is 24.5 Å². The number of piperidine rings is 1. The fourth-order valence-corrected chi connectivity index (χ4v) is 3.31. The Kier molecular flexibility index (Phi) is 8.79. The minimum Gasteiger partial charge on any atom is -0.443 e. The molecule has 0 unspecified atom stereocenters. The molecule has 160 valence electrons. The van der Waals surface area contributed by atoms with E-state index >= 15 is 0 Å². The maximum Gasteiger partial charge on any atom is 0.216 e. The van der Waals surface area contributed by atoms with Gasteiger partial charge < -0.3 is 20.0 Å². The molecular weight excluding hydrogens is 477 g/mol. The lowest BCUT2D eigenvalue weighted by molar-refractivity contribution is 0.383. The lowest BCUT2D eigenvalue weighted by atomic mass is 9.94. The summed E-state index contributed by atoms with van der Waals surface area (Å²) in [7, 11) is 0. The summed E-state index contributed by atoms with van der Waals surface area (Å²) in [5, 5.41) is 6.91. The molecule has 0 saturated carbocycles. The number of aliphatic imine (C=N–C) groups is 1. The van der Waals surface area contributed by atoms with Crippen molar-refractivity contribution in [1.29, 1.82) is 0 Å². The first kappa shape index (κ1) is 23.5. The number of para-hydroxylation sites is 1. The number of hydrogen-bond acceptors (Lipinski definition) is 4. The molecule has 29 heavy (non-hydrogen) atoms. The summed E-state index contributed by atoms with van der Waals surface area (Å²) < 4.78 is 5.85. The normalized spacial score (nSPS) is 15.7. The zero-order valence-corrected chi connectivity index (χ0v) is 20.3. The second kappa shape index (κ2) is 10.8. The number of nitrogens with zero attached hydrogens (tertiary/aromatic N) is 3. The molecule has 6 nitrogen and oxygen atoms in total. The van der Waals surface area contributed by atoms with Crippen molar-refractivity contribution >= 4 is 35.6 Å². The third-order valence-electron chi connectivity index (χ3n) is 4.97. The third-order valence-corrected chi connectivity index (χ3v) is 4.97. The number of halogens is 1. The van der Waals surface area contributed by atoms with Crippen LogP contribution in [0.15, 0.2) is 45.9 Å². The molecule has 2 N–H and O–H groups in total. The van der Waals surface area contributed by atoms with Crippen LogP contribution >= 0.6 is 24.0 Å². The number of anilines is 1. The first-order valence-corrected chi connectivity index (χ1v) is 10.3. The number of nitrogens with one attached hydrogen (secondary N) is 2. The van der Waals surface area contributed by atoms with Crippen molar-refractivity contribution in [3.63, 3.8) is 0 Å². The predicted octanol–water partition coefficient (Wildman–Crippen LogP) is 4.31. The zero-order valence-electron chi connectivity index (χ0n) is 17.9. The van der Waals surface area contributed by atoms with E-state index in [1.165, 1.54) is 5.69 Å². The molecule has 1 aromatic carbocycles. The van der Waals surface area contributed by atoms with E-state index in [4.69, 9.17) is 4.42 Å². The Morgan fingerprint density at radius 1 is 1.21 bits per heavy atom. The number of benzene rings is 1. The van der Waals surface area contributed by atoms with Gasteiger partial charge in [0.2, 0.25) is 5.89 Å². The van der Waals surface area contributed by atoms with Crippen LogP contribution in [0.3, 0.4) is 0 Å². The molecule has 0 amide bonds. The lowest BCUT2D eigenvalue weighted by Gasteiger charge is -2.34. The number of oxazole rings is 1. The summed E-state index contributed by atoms with van der Waals surface area (Å²) in [5.41, 5.74) is 1.27. The summed E-state index contributed by atoms with van der Waals surface area (Å²) in [6.07, 6.45) is 3.99. The van der Waals surface area contributed by atoms with Gasteiger partial charge in [0.05, 0.1) is 6.20 Å². The second-order valence-corrected chi connectivity index (χ2v) is 8.30. The van der Waals surface area contributed by atoms with E-state index in [0.29, 0.717) is 18.5 Å². The molecule has 2 aromatic rings. The van der Waals surface area contributed by atoms with Crippen molar-refractivity contribution in [2.45, 2.75) is 58.5 Å². The van der Waals surface area contributed by atoms with Crippen LogP contribution in [0.2, 0.25) is 0 Å². The van der Waals surface area contributed by atoms with Crippen LogP contribution in [0.1, 0.15) is 52.2 Å². The van der Waals surface area contributed by atoms with Crippen molar-refractivity contribution in [3.8, 4) is 0 Å². The van der Waals surface area contributed by atoms with Gasteiger partial charge in [-0.1, -0.05) is 39.0 Å². The second-order valence-electron chi connectivity index (χ2n) is 8.30. The molecule has 7 heteroatoms. The highest BCUT2D eigenvalue weighted by molar-refractivity contribution is 14.0. The van der Waals surface area contributed by atoms with Crippen LogP contribution < -0.4 is 15.5 Å². The fraction of sp³-hybridized carbons (Fsp3) is 0.545. The summed E-state index contributed by atoms with van der Waals surface area (Å²) in [6, 6.07) is 11.1. The van der Waals surface area contributed by atoms with Crippen LogP contribution in [0.4, 0.5) is 5.69 Å². The monoisotopic (exact) mass is 511 g/mol. The van der Waals surface area contributed by atoms with Gasteiger partial charge in [0.1, 0.15) is 12.3 Å². The molecule has 2 heterocycles. The van der Waals surface area contributed by atoms with E-state index in [9.17, 15) is 0 Å². The SMILES string of the molecule is CCNC(=NCc1ncc(C(C)(C)C)o1)NC1CCN(c2ccccc2)CC1.I. The minimum atomic E-state index is -0.0373. The van der Waals surface area contributed by atoms with Crippen LogP contribution in [-0.4, -0.2) is 36.6 Å². The molecule has 0 bridgehead atoms. The van der Waals surface area contributed by atoms with Crippen molar-refractivity contribution in [3.05, 3.63) is 48.2 Å². The van der Waals surface area contributed by atoms with Gasteiger partial charge in [-0.15, -0.1) is 24.0 Å². The smallest absolute Gasteiger partial charge is 0.216 e. The molecule has 3 rings (SSSR count). The molecule has 1 saturated heterocycles. The van der Waals surface area contributed by atoms with E-state index in [-0.39, 0.29) is 29.4 Å².